The quantitative estimate of drug-likeness (QED) is 0.898. The fourth-order valence-corrected chi connectivity index (χ4v) is 3.17. The third kappa shape index (κ3) is 4.73. The molecule has 1 aliphatic rings. The van der Waals surface area contributed by atoms with Crippen molar-refractivity contribution in [1.82, 2.24) is 10.2 Å². The van der Waals surface area contributed by atoms with Gasteiger partial charge in [0.25, 0.3) is 0 Å². The first-order valence-electron chi connectivity index (χ1n) is 8.15. The molecule has 1 aliphatic heterocycles. The van der Waals surface area contributed by atoms with Crippen LogP contribution in [0, 0.1) is 5.41 Å². The number of hydrogen-bond acceptors (Lipinski definition) is 2. The van der Waals surface area contributed by atoms with Crippen molar-refractivity contribution in [2.75, 3.05) is 19.6 Å². The summed E-state index contributed by atoms with van der Waals surface area (Å²) in [4.78, 5) is 14.3. The van der Waals surface area contributed by atoms with E-state index in [0.717, 1.165) is 25.9 Å². The molecule has 0 spiro atoms. The van der Waals surface area contributed by atoms with Crippen LogP contribution < -0.4 is 5.32 Å². The van der Waals surface area contributed by atoms with E-state index in [0.29, 0.717) is 13.0 Å². The number of carbonyl (C=O) groups excluding carboxylic acids is 1. The molecule has 0 saturated carbocycles. The van der Waals surface area contributed by atoms with Gasteiger partial charge in [0, 0.05) is 19.6 Å². The van der Waals surface area contributed by atoms with Gasteiger partial charge in [-0.15, -0.1) is 0 Å². The van der Waals surface area contributed by atoms with Gasteiger partial charge in [0.1, 0.15) is 0 Å². The molecule has 1 aromatic rings. The van der Waals surface area contributed by atoms with Crippen molar-refractivity contribution >= 4 is 6.03 Å². The lowest BCUT2D eigenvalue weighted by Crippen LogP contribution is -2.45. The molecule has 4 heteroatoms. The van der Waals surface area contributed by atoms with Gasteiger partial charge in [-0.3, -0.25) is 0 Å². The van der Waals surface area contributed by atoms with Crippen LogP contribution in [0.1, 0.15) is 38.3 Å². The van der Waals surface area contributed by atoms with Crippen LogP contribution in [0.3, 0.4) is 0 Å². The van der Waals surface area contributed by atoms with Crippen molar-refractivity contribution in [3.05, 3.63) is 35.4 Å². The molecule has 1 heterocycles. The van der Waals surface area contributed by atoms with E-state index >= 15 is 0 Å². The maximum Gasteiger partial charge on any atom is 0.317 e. The normalized spacial score (nSPS) is 16.6. The van der Waals surface area contributed by atoms with Gasteiger partial charge in [-0.2, -0.15) is 0 Å². The van der Waals surface area contributed by atoms with Crippen LogP contribution >= 0.6 is 0 Å². The molecular formula is C18H28N2O2. The third-order valence-electron chi connectivity index (χ3n) is 4.27. The molecule has 0 radical (unpaired) electrons. The number of nitrogens with one attached hydrogen (secondary N) is 1. The summed E-state index contributed by atoms with van der Waals surface area (Å²) in [6.07, 6.45) is 2.17. The highest BCUT2D eigenvalue weighted by Crippen LogP contribution is 2.21. The molecule has 0 fully saturated rings. The molecule has 0 saturated heterocycles. The summed E-state index contributed by atoms with van der Waals surface area (Å²) in [6.45, 7) is 8.03. The SMILES string of the molecule is CC(O)CC(C)(C)CNC(=O)N1CCc2ccccc2CC1. The maximum absolute atomic E-state index is 12.4. The average molecular weight is 304 g/mol. The zero-order chi connectivity index (χ0) is 16.2. The molecule has 0 aromatic heterocycles. The number of nitrogens with zero attached hydrogens (tertiary/aromatic N) is 1. The smallest absolute Gasteiger partial charge is 0.317 e. The Hall–Kier alpha value is -1.55. The second-order valence-electron chi connectivity index (χ2n) is 7.13. The molecule has 122 valence electrons. The Morgan fingerprint density at radius 3 is 2.32 bits per heavy atom. The summed E-state index contributed by atoms with van der Waals surface area (Å²) >= 11 is 0. The number of hydrogen-bond donors (Lipinski definition) is 2. The molecule has 4 nitrogen and oxygen atoms in total. The number of urea groups is 1. The Morgan fingerprint density at radius 1 is 1.27 bits per heavy atom. The van der Waals surface area contributed by atoms with Gasteiger partial charge in [0.2, 0.25) is 0 Å². The average Bonchev–Trinajstić information content (AvgIpc) is 2.66. The van der Waals surface area contributed by atoms with Crippen LogP contribution in [0.2, 0.25) is 0 Å². The van der Waals surface area contributed by atoms with E-state index in [1.54, 1.807) is 6.92 Å². The van der Waals surface area contributed by atoms with Gasteiger partial charge in [0.05, 0.1) is 6.10 Å². The number of rotatable bonds is 4. The van der Waals surface area contributed by atoms with E-state index in [-0.39, 0.29) is 17.6 Å². The monoisotopic (exact) mass is 304 g/mol. The van der Waals surface area contributed by atoms with E-state index in [1.165, 1.54) is 11.1 Å². The highest BCUT2D eigenvalue weighted by atomic mass is 16.3. The van der Waals surface area contributed by atoms with Crippen LogP contribution in [0.5, 0.6) is 0 Å². The predicted octanol–water partition coefficient (Wildman–Crippen LogP) is 2.59. The van der Waals surface area contributed by atoms with Crippen molar-refractivity contribution in [2.45, 2.75) is 46.1 Å². The van der Waals surface area contributed by atoms with Crippen LogP contribution in [-0.4, -0.2) is 41.8 Å². The Kier molecular flexibility index (Phi) is 5.46. The van der Waals surface area contributed by atoms with Gasteiger partial charge >= 0.3 is 6.03 Å². The third-order valence-corrected chi connectivity index (χ3v) is 4.27. The molecule has 0 bridgehead atoms. The van der Waals surface area contributed by atoms with E-state index < -0.39 is 0 Å². The first kappa shape index (κ1) is 16.8. The standard InChI is InChI=1S/C18H28N2O2/c1-14(21)12-18(2,3)13-19-17(22)20-10-8-15-6-4-5-7-16(15)9-11-20/h4-7,14,21H,8-13H2,1-3H3,(H,19,22). The van der Waals surface area contributed by atoms with Crippen molar-refractivity contribution in [3.8, 4) is 0 Å². The van der Waals surface area contributed by atoms with Gasteiger partial charge < -0.3 is 15.3 Å². The predicted molar refractivity (Wildman–Crippen MR) is 88.9 cm³/mol. The van der Waals surface area contributed by atoms with Gasteiger partial charge in [-0.05, 0) is 42.7 Å². The van der Waals surface area contributed by atoms with E-state index in [4.69, 9.17) is 0 Å². The zero-order valence-corrected chi connectivity index (χ0v) is 13.9. The van der Waals surface area contributed by atoms with Gasteiger partial charge in [0.15, 0.2) is 0 Å². The molecule has 22 heavy (non-hydrogen) atoms. The summed E-state index contributed by atoms with van der Waals surface area (Å²) in [5.74, 6) is 0. The van der Waals surface area contributed by atoms with Gasteiger partial charge in [-0.1, -0.05) is 38.1 Å². The second-order valence-corrected chi connectivity index (χ2v) is 7.13. The summed E-state index contributed by atoms with van der Waals surface area (Å²) in [7, 11) is 0. The number of amides is 2. The lowest BCUT2D eigenvalue weighted by molar-refractivity contribution is 0.126. The summed E-state index contributed by atoms with van der Waals surface area (Å²) in [6, 6.07) is 8.44. The number of benzene rings is 1. The molecule has 2 amide bonds. The lowest BCUT2D eigenvalue weighted by Gasteiger charge is -2.28. The van der Waals surface area contributed by atoms with Crippen molar-refractivity contribution in [1.29, 1.82) is 0 Å². The number of fused-ring (bicyclic) bond motifs is 1. The fourth-order valence-electron chi connectivity index (χ4n) is 3.17. The summed E-state index contributed by atoms with van der Waals surface area (Å²) < 4.78 is 0. The van der Waals surface area contributed by atoms with E-state index in [9.17, 15) is 9.90 Å². The minimum atomic E-state index is -0.348. The molecule has 1 unspecified atom stereocenters. The zero-order valence-electron chi connectivity index (χ0n) is 13.9. The molecule has 0 aliphatic carbocycles. The summed E-state index contributed by atoms with van der Waals surface area (Å²) in [5, 5.41) is 12.5. The van der Waals surface area contributed by atoms with Crippen LogP contribution in [0.25, 0.3) is 0 Å². The molecule has 1 aromatic carbocycles. The molecule has 1 atom stereocenters. The lowest BCUT2D eigenvalue weighted by atomic mass is 9.87. The Labute approximate surface area is 133 Å². The minimum Gasteiger partial charge on any atom is -0.393 e. The highest BCUT2D eigenvalue weighted by molar-refractivity contribution is 5.74. The Bertz CT molecular complexity index is 485. The second kappa shape index (κ2) is 7.14. The molecule has 2 rings (SSSR count). The highest BCUT2D eigenvalue weighted by Gasteiger charge is 2.23. The van der Waals surface area contributed by atoms with Crippen molar-refractivity contribution in [3.63, 3.8) is 0 Å². The fraction of sp³-hybridized carbons (Fsp3) is 0.611. The molecule has 2 N–H and O–H groups in total. The van der Waals surface area contributed by atoms with Crippen LogP contribution in [0.4, 0.5) is 4.79 Å². The minimum absolute atomic E-state index is 0.00599. The van der Waals surface area contributed by atoms with Crippen LogP contribution in [-0.2, 0) is 12.8 Å². The maximum atomic E-state index is 12.4. The number of aliphatic hydroxyl groups is 1. The topological polar surface area (TPSA) is 52.6 Å². The number of carbonyl (C=O) groups is 1. The first-order chi connectivity index (χ1) is 10.4. The van der Waals surface area contributed by atoms with Crippen LogP contribution in [0.15, 0.2) is 24.3 Å². The van der Waals surface area contributed by atoms with E-state index in [2.05, 4.69) is 43.4 Å². The van der Waals surface area contributed by atoms with Crippen molar-refractivity contribution in [2.24, 2.45) is 5.41 Å². The first-order valence-corrected chi connectivity index (χ1v) is 8.15. The number of aliphatic hydroxyl groups excluding tert-OH is 1. The Morgan fingerprint density at radius 2 is 1.82 bits per heavy atom. The molecular weight excluding hydrogens is 276 g/mol. The van der Waals surface area contributed by atoms with E-state index in [1.807, 2.05) is 4.90 Å². The Balaban J connectivity index is 1.87. The van der Waals surface area contributed by atoms with Crippen molar-refractivity contribution < 1.29 is 9.90 Å². The summed E-state index contributed by atoms with van der Waals surface area (Å²) in [5.41, 5.74) is 2.61. The van der Waals surface area contributed by atoms with Gasteiger partial charge in [-0.25, -0.2) is 4.79 Å². The largest absolute Gasteiger partial charge is 0.393 e.